The average molecular weight is 420 g/mol. The average Bonchev–Trinajstić information content (AvgIpc) is 3.12. The van der Waals surface area contributed by atoms with Gasteiger partial charge in [-0.05, 0) is 68.4 Å². The Kier molecular flexibility index (Phi) is 5.59. The molecule has 0 bridgehead atoms. The molecule has 0 saturated heterocycles. The van der Waals surface area contributed by atoms with Crippen LogP contribution in [0.3, 0.4) is 0 Å². The van der Waals surface area contributed by atoms with Crippen molar-refractivity contribution in [1.29, 1.82) is 0 Å². The molecule has 146 valence electrons. The predicted molar refractivity (Wildman–Crippen MR) is 108 cm³/mol. The molecule has 28 heavy (non-hydrogen) atoms. The number of nitrogens with zero attached hydrogens (tertiary/aromatic N) is 1. The number of aromatic nitrogens is 1. The van der Waals surface area contributed by atoms with Gasteiger partial charge in [-0.2, -0.15) is 0 Å². The maximum atomic E-state index is 13.0. The van der Waals surface area contributed by atoms with Crippen molar-refractivity contribution in [3.63, 3.8) is 0 Å². The van der Waals surface area contributed by atoms with E-state index in [1.807, 2.05) is 0 Å². The molecular weight excluding hydrogens is 401 g/mol. The van der Waals surface area contributed by atoms with Gasteiger partial charge < -0.3 is 0 Å². The number of sulfonamides is 1. The van der Waals surface area contributed by atoms with Crippen LogP contribution in [0.15, 0.2) is 46.7 Å². The Hall–Kier alpha value is -2.62. The fourth-order valence-corrected chi connectivity index (χ4v) is 4.38. The minimum Gasteiger partial charge on any atom is -0.298 e. The summed E-state index contributed by atoms with van der Waals surface area (Å²) >= 11 is 1.23. The number of nitrogens with one attached hydrogen (secondary N) is 2. The summed E-state index contributed by atoms with van der Waals surface area (Å²) in [6, 6.07) is 8.87. The Bertz CT molecular complexity index is 1140. The van der Waals surface area contributed by atoms with Gasteiger partial charge in [0.05, 0.1) is 10.6 Å². The Labute approximate surface area is 166 Å². The standard InChI is InChI=1S/C19H18FN3O3S2/c1-11-8-14(9-17(12(11)2)28(25,26)21-3)18(24)23-19-22-16(10-27-19)13-4-6-15(20)7-5-13/h4-10,21H,1-3H3,(H,22,23,24). The third-order valence-corrected chi connectivity index (χ3v) is 6.60. The molecule has 2 aromatic carbocycles. The minimum absolute atomic E-state index is 0.0614. The zero-order chi connectivity index (χ0) is 20.5. The van der Waals surface area contributed by atoms with E-state index in [0.717, 1.165) is 5.56 Å². The molecule has 0 unspecified atom stereocenters. The molecule has 0 fully saturated rings. The molecule has 6 nitrogen and oxygen atoms in total. The number of amides is 1. The van der Waals surface area contributed by atoms with Crippen LogP contribution < -0.4 is 10.0 Å². The maximum Gasteiger partial charge on any atom is 0.257 e. The van der Waals surface area contributed by atoms with Crippen LogP contribution in [0, 0.1) is 19.7 Å². The van der Waals surface area contributed by atoms with Crippen molar-refractivity contribution in [3.8, 4) is 11.3 Å². The predicted octanol–water partition coefficient (Wildman–Crippen LogP) is 3.73. The summed E-state index contributed by atoms with van der Waals surface area (Å²) in [6.07, 6.45) is 0. The molecule has 0 saturated carbocycles. The minimum atomic E-state index is -3.69. The van der Waals surface area contributed by atoms with Crippen molar-refractivity contribution < 1.29 is 17.6 Å². The van der Waals surface area contributed by atoms with Gasteiger partial charge in [-0.3, -0.25) is 10.1 Å². The fourth-order valence-electron chi connectivity index (χ4n) is 2.60. The Morgan fingerprint density at radius 2 is 1.82 bits per heavy atom. The summed E-state index contributed by atoms with van der Waals surface area (Å²) < 4.78 is 39.7. The van der Waals surface area contributed by atoms with Crippen molar-refractivity contribution in [2.75, 3.05) is 12.4 Å². The van der Waals surface area contributed by atoms with E-state index < -0.39 is 15.9 Å². The monoisotopic (exact) mass is 419 g/mol. The fraction of sp³-hybridized carbons (Fsp3) is 0.158. The summed E-state index contributed by atoms with van der Waals surface area (Å²) in [7, 11) is -2.37. The zero-order valence-corrected chi connectivity index (χ0v) is 17.0. The van der Waals surface area contributed by atoms with Gasteiger partial charge >= 0.3 is 0 Å². The molecule has 1 aromatic heterocycles. The first-order chi connectivity index (χ1) is 13.2. The maximum absolute atomic E-state index is 13.0. The first-order valence-corrected chi connectivity index (χ1v) is 10.6. The van der Waals surface area contributed by atoms with Gasteiger partial charge in [0.1, 0.15) is 5.82 Å². The zero-order valence-electron chi connectivity index (χ0n) is 15.4. The van der Waals surface area contributed by atoms with Crippen LogP contribution in [0.1, 0.15) is 21.5 Å². The molecule has 2 N–H and O–H groups in total. The molecule has 0 atom stereocenters. The SMILES string of the molecule is CNS(=O)(=O)c1cc(C(=O)Nc2nc(-c3ccc(F)cc3)cs2)cc(C)c1C. The van der Waals surface area contributed by atoms with E-state index in [1.54, 1.807) is 37.4 Å². The topological polar surface area (TPSA) is 88.2 Å². The molecule has 1 heterocycles. The molecule has 0 radical (unpaired) electrons. The molecule has 0 spiro atoms. The molecule has 0 aliphatic heterocycles. The number of aryl methyl sites for hydroxylation is 1. The number of rotatable bonds is 5. The summed E-state index contributed by atoms with van der Waals surface area (Å²) in [5, 5.41) is 4.79. The van der Waals surface area contributed by atoms with Crippen molar-refractivity contribution in [2.24, 2.45) is 0 Å². The van der Waals surface area contributed by atoms with Gasteiger partial charge in [-0.1, -0.05) is 0 Å². The van der Waals surface area contributed by atoms with Crippen molar-refractivity contribution >= 4 is 32.4 Å². The van der Waals surface area contributed by atoms with Crippen LogP contribution in [0.2, 0.25) is 0 Å². The normalized spacial score (nSPS) is 11.4. The lowest BCUT2D eigenvalue weighted by molar-refractivity contribution is 0.102. The van der Waals surface area contributed by atoms with Crippen LogP contribution in [-0.2, 0) is 10.0 Å². The largest absolute Gasteiger partial charge is 0.298 e. The summed E-state index contributed by atoms with van der Waals surface area (Å²) in [4.78, 5) is 17.0. The van der Waals surface area contributed by atoms with E-state index in [1.165, 1.54) is 36.6 Å². The lowest BCUT2D eigenvalue weighted by Gasteiger charge is -2.12. The number of thiazole rings is 1. The summed E-state index contributed by atoms with van der Waals surface area (Å²) in [5.41, 5.74) is 2.83. The molecule has 3 aromatic rings. The molecule has 0 aliphatic rings. The molecule has 9 heteroatoms. The Morgan fingerprint density at radius 1 is 1.14 bits per heavy atom. The molecule has 3 rings (SSSR count). The number of hydrogen-bond donors (Lipinski definition) is 2. The van der Waals surface area contributed by atoms with Gasteiger partial charge in [0, 0.05) is 16.5 Å². The number of hydrogen-bond acceptors (Lipinski definition) is 5. The van der Waals surface area contributed by atoms with Crippen LogP contribution in [0.25, 0.3) is 11.3 Å². The number of carbonyl (C=O) groups excluding carboxylic acids is 1. The highest BCUT2D eigenvalue weighted by molar-refractivity contribution is 7.89. The summed E-state index contributed by atoms with van der Waals surface area (Å²) in [5.74, 6) is -0.801. The first kappa shape index (κ1) is 20.1. The third-order valence-electron chi connectivity index (χ3n) is 4.30. The third kappa shape index (κ3) is 4.11. The van der Waals surface area contributed by atoms with E-state index in [9.17, 15) is 17.6 Å². The van der Waals surface area contributed by atoms with Gasteiger partial charge in [-0.25, -0.2) is 22.5 Å². The molecular formula is C19H18FN3O3S2. The van der Waals surface area contributed by atoms with E-state index in [4.69, 9.17) is 0 Å². The number of benzene rings is 2. The second-order valence-corrected chi connectivity index (χ2v) is 8.84. The highest BCUT2D eigenvalue weighted by Crippen LogP contribution is 2.26. The van der Waals surface area contributed by atoms with E-state index in [-0.39, 0.29) is 16.3 Å². The lowest BCUT2D eigenvalue weighted by Crippen LogP contribution is -2.21. The highest BCUT2D eigenvalue weighted by Gasteiger charge is 2.20. The smallest absolute Gasteiger partial charge is 0.257 e. The number of halogens is 1. The van der Waals surface area contributed by atoms with Gasteiger partial charge in [0.15, 0.2) is 5.13 Å². The Morgan fingerprint density at radius 3 is 2.46 bits per heavy atom. The second-order valence-electron chi connectivity index (χ2n) is 6.12. The van der Waals surface area contributed by atoms with Crippen LogP contribution in [0.4, 0.5) is 9.52 Å². The van der Waals surface area contributed by atoms with E-state index >= 15 is 0 Å². The van der Waals surface area contributed by atoms with E-state index in [2.05, 4.69) is 15.0 Å². The second kappa shape index (κ2) is 7.78. The number of carbonyl (C=O) groups is 1. The highest BCUT2D eigenvalue weighted by atomic mass is 32.2. The molecule has 0 aliphatic carbocycles. The van der Waals surface area contributed by atoms with Crippen LogP contribution in [0.5, 0.6) is 0 Å². The lowest BCUT2D eigenvalue weighted by atomic mass is 10.1. The number of anilines is 1. The van der Waals surface area contributed by atoms with Crippen molar-refractivity contribution in [2.45, 2.75) is 18.7 Å². The Balaban J connectivity index is 1.87. The van der Waals surface area contributed by atoms with Gasteiger partial charge in [0.25, 0.3) is 5.91 Å². The van der Waals surface area contributed by atoms with Gasteiger partial charge in [-0.15, -0.1) is 11.3 Å². The van der Waals surface area contributed by atoms with Crippen LogP contribution in [-0.4, -0.2) is 26.4 Å². The first-order valence-electron chi connectivity index (χ1n) is 8.29. The van der Waals surface area contributed by atoms with Crippen molar-refractivity contribution in [3.05, 3.63) is 64.3 Å². The quantitative estimate of drug-likeness (QED) is 0.660. The van der Waals surface area contributed by atoms with E-state index in [0.29, 0.717) is 22.0 Å². The molecule has 1 amide bonds. The van der Waals surface area contributed by atoms with Gasteiger partial charge in [0.2, 0.25) is 10.0 Å². The van der Waals surface area contributed by atoms with Crippen LogP contribution >= 0.6 is 11.3 Å². The van der Waals surface area contributed by atoms with Crippen molar-refractivity contribution in [1.82, 2.24) is 9.71 Å². The summed E-state index contributed by atoms with van der Waals surface area (Å²) in [6.45, 7) is 3.44.